The van der Waals surface area contributed by atoms with Crippen molar-refractivity contribution >= 4 is 29.2 Å². The summed E-state index contributed by atoms with van der Waals surface area (Å²) in [6.45, 7) is 2.09. The van der Waals surface area contributed by atoms with Gasteiger partial charge < -0.3 is 15.4 Å². The van der Waals surface area contributed by atoms with Gasteiger partial charge in [0.25, 0.3) is 0 Å². The second-order valence-corrected chi connectivity index (χ2v) is 5.04. The van der Waals surface area contributed by atoms with Gasteiger partial charge in [-0.05, 0) is 18.2 Å². The Hall–Kier alpha value is -2.08. The molecule has 0 saturated carbocycles. The van der Waals surface area contributed by atoms with Crippen molar-refractivity contribution in [3.05, 3.63) is 28.8 Å². The largest absolute Gasteiger partial charge is 0.496 e. The Labute approximate surface area is 134 Å². The number of Topliss-reactive ketones (excluding diaryl/α,β-unsaturated/α-hetero) is 1. The van der Waals surface area contributed by atoms with E-state index in [1.54, 1.807) is 12.1 Å². The molecule has 1 aromatic rings. The number of benzene rings is 1. The molecule has 0 atom stereocenters. The van der Waals surface area contributed by atoms with Gasteiger partial charge in [0.2, 0.25) is 11.8 Å². The standard InChI is InChI=1S/C15H19ClN2O4/c1-10(19)17-7-8-18-15(21)6-4-13(20)12-9-11(16)3-5-14(12)22-2/h3,5,9H,4,6-8H2,1-2H3,(H,17,19)(H,18,21). The molecule has 2 N–H and O–H groups in total. The van der Waals surface area contributed by atoms with E-state index in [1.165, 1.54) is 20.1 Å². The van der Waals surface area contributed by atoms with Crippen molar-refractivity contribution in [3.8, 4) is 5.75 Å². The van der Waals surface area contributed by atoms with Crippen LogP contribution in [-0.2, 0) is 9.59 Å². The van der Waals surface area contributed by atoms with Gasteiger partial charge in [-0.1, -0.05) is 11.6 Å². The van der Waals surface area contributed by atoms with Crippen molar-refractivity contribution in [2.24, 2.45) is 0 Å². The minimum Gasteiger partial charge on any atom is -0.496 e. The summed E-state index contributed by atoms with van der Waals surface area (Å²) < 4.78 is 5.11. The number of carbonyl (C=O) groups is 3. The van der Waals surface area contributed by atoms with Crippen LogP contribution in [0.2, 0.25) is 5.02 Å². The molecular formula is C15H19ClN2O4. The number of amides is 2. The van der Waals surface area contributed by atoms with Crippen LogP contribution in [-0.4, -0.2) is 37.8 Å². The number of rotatable bonds is 8. The molecule has 1 rings (SSSR count). The molecule has 120 valence electrons. The zero-order chi connectivity index (χ0) is 16.5. The van der Waals surface area contributed by atoms with Crippen molar-refractivity contribution < 1.29 is 19.1 Å². The van der Waals surface area contributed by atoms with Gasteiger partial charge in [-0.2, -0.15) is 0 Å². The predicted molar refractivity (Wildman–Crippen MR) is 83.3 cm³/mol. The number of methoxy groups -OCH3 is 1. The molecule has 1 aromatic carbocycles. The van der Waals surface area contributed by atoms with E-state index in [1.807, 2.05) is 0 Å². The number of hydrogen-bond acceptors (Lipinski definition) is 4. The Morgan fingerprint density at radius 3 is 2.45 bits per heavy atom. The van der Waals surface area contributed by atoms with E-state index in [2.05, 4.69) is 10.6 Å². The highest BCUT2D eigenvalue weighted by atomic mass is 35.5. The molecule has 7 heteroatoms. The van der Waals surface area contributed by atoms with Crippen LogP contribution in [0.25, 0.3) is 0 Å². The first-order valence-corrected chi connectivity index (χ1v) is 7.19. The fourth-order valence-corrected chi connectivity index (χ4v) is 1.96. The van der Waals surface area contributed by atoms with Crippen LogP contribution >= 0.6 is 11.6 Å². The van der Waals surface area contributed by atoms with Gasteiger partial charge in [0, 0.05) is 37.9 Å². The molecule has 0 fully saturated rings. The van der Waals surface area contributed by atoms with E-state index in [-0.39, 0.29) is 30.4 Å². The molecule has 0 spiro atoms. The monoisotopic (exact) mass is 326 g/mol. The molecule has 0 aliphatic heterocycles. The molecule has 0 heterocycles. The highest BCUT2D eigenvalue weighted by Crippen LogP contribution is 2.24. The average molecular weight is 327 g/mol. The quantitative estimate of drug-likeness (QED) is 0.561. The average Bonchev–Trinajstić information content (AvgIpc) is 2.49. The van der Waals surface area contributed by atoms with Crippen LogP contribution in [0.1, 0.15) is 30.1 Å². The summed E-state index contributed by atoms with van der Waals surface area (Å²) in [7, 11) is 1.47. The van der Waals surface area contributed by atoms with Crippen LogP contribution in [0.15, 0.2) is 18.2 Å². The van der Waals surface area contributed by atoms with Crippen molar-refractivity contribution in [1.82, 2.24) is 10.6 Å². The van der Waals surface area contributed by atoms with E-state index in [0.717, 1.165) is 0 Å². The van der Waals surface area contributed by atoms with Gasteiger partial charge in [-0.25, -0.2) is 0 Å². The summed E-state index contributed by atoms with van der Waals surface area (Å²) in [5.41, 5.74) is 0.362. The minimum atomic E-state index is -0.250. The SMILES string of the molecule is COc1ccc(Cl)cc1C(=O)CCC(=O)NCCNC(C)=O. The highest BCUT2D eigenvalue weighted by Gasteiger charge is 2.14. The Morgan fingerprint density at radius 1 is 1.14 bits per heavy atom. The second-order valence-electron chi connectivity index (χ2n) is 4.60. The summed E-state index contributed by atoms with van der Waals surface area (Å²) >= 11 is 5.87. The first-order chi connectivity index (χ1) is 10.4. The summed E-state index contributed by atoms with van der Waals surface area (Å²) in [5.74, 6) is -0.186. The van der Waals surface area contributed by atoms with Gasteiger partial charge >= 0.3 is 0 Å². The van der Waals surface area contributed by atoms with Gasteiger partial charge in [-0.15, -0.1) is 0 Å². The molecule has 0 radical (unpaired) electrons. The van der Waals surface area contributed by atoms with E-state index >= 15 is 0 Å². The van der Waals surface area contributed by atoms with E-state index < -0.39 is 0 Å². The molecule has 0 aliphatic rings. The van der Waals surface area contributed by atoms with Gasteiger partial charge in [0.05, 0.1) is 12.7 Å². The fourth-order valence-electron chi connectivity index (χ4n) is 1.79. The smallest absolute Gasteiger partial charge is 0.220 e. The molecule has 0 aliphatic carbocycles. The topological polar surface area (TPSA) is 84.5 Å². The maximum absolute atomic E-state index is 12.1. The normalized spacial score (nSPS) is 9.95. The number of hydrogen-bond donors (Lipinski definition) is 2. The van der Waals surface area contributed by atoms with E-state index in [0.29, 0.717) is 29.4 Å². The number of ketones is 1. The molecule has 0 saturated heterocycles. The van der Waals surface area contributed by atoms with E-state index in [4.69, 9.17) is 16.3 Å². The Morgan fingerprint density at radius 2 is 1.82 bits per heavy atom. The Bertz CT molecular complexity index is 560. The zero-order valence-corrected chi connectivity index (χ0v) is 13.3. The van der Waals surface area contributed by atoms with Gasteiger partial charge in [0.15, 0.2) is 5.78 Å². The molecule has 22 heavy (non-hydrogen) atoms. The lowest BCUT2D eigenvalue weighted by Crippen LogP contribution is -2.33. The number of nitrogens with one attached hydrogen (secondary N) is 2. The molecule has 6 nitrogen and oxygen atoms in total. The third-order valence-corrected chi connectivity index (χ3v) is 3.10. The van der Waals surface area contributed by atoms with Crippen LogP contribution < -0.4 is 15.4 Å². The summed E-state index contributed by atoms with van der Waals surface area (Å²) in [6, 6.07) is 4.77. The molecule has 2 amide bonds. The number of carbonyl (C=O) groups excluding carboxylic acids is 3. The number of halogens is 1. The lowest BCUT2D eigenvalue weighted by Gasteiger charge is -2.08. The van der Waals surface area contributed by atoms with Crippen LogP contribution in [0, 0.1) is 0 Å². The molecule has 0 unspecified atom stereocenters. The lowest BCUT2D eigenvalue weighted by atomic mass is 10.1. The van der Waals surface area contributed by atoms with Crippen LogP contribution in [0.3, 0.4) is 0 Å². The molecule has 0 aromatic heterocycles. The third kappa shape index (κ3) is 6.13. The maximum atomic E-state index is 12.1. The van der Waals surface area contributed by atoms with Crippen molar-refractivity contribution in [2.75, 3.05) is 20.2 Å². The van der Waals surface area contributed by atoms with Gasteiger partial charge in [0.1, 0.15) is 5.75 Å². The Balaban J connectivity index is 2.44. The fraction of sp³-hybridized carbons (Fsp3) is 0.400. The van der Waals surface area contributed by atoms with E-state index in [9.17, 15) is 14.4 Å². The molecular weight excluding hydrogens is 308 g/mol. The maximum Gasteiger partial charge on any atom is 0.220 e. The third-order valence-electron chi connectivity index (χ3n) is 2.86. The summed E-state index contributed by atoms with van der Waals surface area (Å²) in [4.78, 5) is 34.4. The predicted octanol–water partition coefficient (Wildman–Crippen LogP) is 1.56. The van der Waals surface area contributed by atoms with Crippen LogP contribution in [0.4, 0.5) is 0 Å². The van der Waals surface area contributed by atoms with Gasteiger partial charge in [-0.3, -0.25) is 14.4 Å². The summed E-state index contributed by atoms with van der Waals surface area (Å²) in [6.07, 6.45) is 0.122. The van der Waals surface area contributed by atoms with Crippen molar-refractivity contribution in [3.63, 3.8) is 0 Å². The van der Waals surface area contributed by atoms with Crippen molar-refractivity contribution in [2.45, 2.75) is 19.8 Å². The van der Waals surface area contributed by atoms with Crippen molar-refractivity contribution in [1.29, 1.82) is 0 Å². The summed E-state index contributed by atoms with van der Waals surface area (Å²) in [5, 5.41) is 5.62. The van der Waals surface area contributed by atoms with Crippen LogP contribution in [0.5, 0.6) is 5.75 Å². The highest BCUT2D eigenvalue weighted by molar-refractivity contribution is 6.31. The second kappa shape index (κ2) is 9.04. The lowest BCUT2D eigenvalue weighted by molar-refractivity contribution is -0.122. The zero-order valence-electron chi connectivity index (χ0n) is 12.6. The first kappa shape index (κ1) is 18.0. The number of ether oxygens (including phenoxy) is 1. The Kier molecular flexibility index (Phi) is 7.39. The molecule has 0 bridgehead atoms. The minimum absolute atomic E-state index is 0.0582. The first-order valence-electron chi connectivity index (χ1n) is 6.82.